The number of hydrogen-bond donors (Lipinski definition) is 4. The van der Waals surface area contributed by atoms with Gasteiger partial charge >= 0.3 is 0 Å². The zero-order chi connectivity index (χ0) is 15.5. The van der Waals surface area contributed by atoms with Gasteiger partial charge in [0.2, 0.25) is 0 Å². The number of H-pyrrole nitrogens is 1. The van der Waals surface area contributed by atoms with Crippen LogP contribution in [0.4, 0.5) is 0 Å². The highest BCUT2D eigenvalue weighted by Gasteiger charge is 2.10. The van der Waals surface area contributed by atoms with Crippen molar-refractivity contribution in [3.8, 4) is 11.5 Å². The van der Waals surface area contributed by atoms with Crippen LogP contribution in [0.5, 0.6) is 11.5 Å². The van der Waals surface area contributed by atoms with E-state index in [2.05, 4.69) is 15.1 Å². The van der Waals surface area contributed by atoms with Crippen LogP contribution in [0.25, 0.3) is 10.9 Å². The van der Waals surface area contributed by atoms with Gasteiger partial charge in [-0.15, -0.1) is 0 Å². The van der Waals surface area contributed by atoms with Crippen LogP contribution < -0.4 is 16.1 Å². The highest BCUT2D eigenvalue weighted by atomic mass is 16.6. The Morgan fingerprint density at radius 2 is 2.09 bits per heavy atom. The molecule has 3 rings (SSSR count). The van der Waals surface area contributed by atoms with Crippen molar-refractivity contribution in [2.75, 3.05) is 0 Å². The van der Waals surface area contributed by atoms with Gasteiger partial charge in [0.25, 0.3) is 5.91 Å². The first kappa shape index (κ1) is 14.0. The number of nitrogens with two attached hydrogens (primary N) is 1. The van der Waals surface area contributed by atoms with Crippen LogP contribution in [-0.4, -0.2) is 16.0 Å². The number of phenols is 1. The normalized spacial score (nSPS) is 10.6. The van der Waals surface area contributed by atoms with E-state index in [9.17, 15) is 9.90 Å². The van der Waals surface area contributed by atoms with Crippen LogP contribution in [0.2, 0.25) is 0 Å². The lowest BCUT2D eigenvalue weighted by molar-refractivity contribution is 0.0946. The number of hydrogen-bond acceptors (Lipinski definition) is 4. The number of nitrogens with one attached hydrogen (secondary N) is 2. The number of aromatic amines is 1. The zero-order valence-electron chi connectivity index (χ0n) is 11.7. The molecule has 0 saturated carbocycles. The minimum atomic E-state index is -0.227. The molecule has 0 saturated heterocycles. The Labute approximate surface area is 126 Å². The van der Waals surface area contributed by atoms with Gasteiger partial charge in [-0.05, 0) is 42.0 Å². The monoisotopic (exact) mass is 297 g/mol. The summed E-state index contributed by atoms with van der Waals surface area (Å²) in [6.07, 6.45) is 0. The van der Waals surface area contributed by atoms with Crippen molar-refractivity contribution in [2.24, 2.45) is 5.90 Å². The van der Waals surface area contributed by atoms with Crippen LogP contribution in [0, 0.1) is 0 Å². The fourth-order valence-electron chi connectivity index (χ4n) is 2.25. The van der Waals surface area contributed by atoms with E-state index in [1.807, 2.05) is 6.07 Å². The summed E-state index contributed by atoms with van der Waals surface area (Å²) < 4.78 is 0. The third-order valence-electron chi connectivity index (χ3n) is 3.34. The lowest BCUT2D eigenvalue weighted by atomic mass is 10.2. The molecule has 0 fully saturated rings. The molecule has 0 aliphatic rings. The summed E-state index contributed by atoms with van der Waals surface area (Å²) in [5.41, 5.74) is 2.09. The van der Waals surface area contributed by atoms with Gasteiger partial charge in [-0.3, -0.25) is 4.79 Å². The highest BCUT2D eigenvalue weighted by Crippen LogP contribution is 2.21. The molecule has 6 nitrogen and oxygen atoms in total. The molecule has 0 bridgehead atoms. The molecule has 2 aromatic carbocycles. The molecule has 0 radical (unpaired) electrons. The first-order valence-corrected chi connectivity index (χ1v) is 6.71. The summed E-state index contributed by atoms with van der Waals surface area (Å²) in [6, 6.07) is 13.7. The van der Waals surface area contributed by atoms with Crippen molar-refractivity contribution in [3.05, 3.63) is 59.8 Å². The largest absolute Gasteiger partial charge is 0.508 e. The average molecular weight is 297 g/mol. The number of fused-ring (bicyclic) bond motifs is 1. The molecule has 22 heavy (non-hydrogen) atoms. The summed E-state index contributed by atoms with van der Waals surface area (Å²) in [5.74, 6) is 5.59. The van der Waals surface area contributed by atoms with Gasteiger partial charge in [-0.1, -0.05) is 12.1 Å². The molecule has 0 atom stereocenters. The average Bonchev–Trinajstić information content (AvgIpc) is 2.95. The third kappa shape index (κ3) is 2.87. The molecule has 0 aliphatic heterocycles. The quantitative estimate of drug-likeness (QED) is 0.554. The first-order valence-electron chi connectivity index (χ1n) is 6.71. The first-order chi connectivity index (χ1) is 10.7. The maximum Gasteiger partial charge on any atom is 0.267 e. The molecule has 6 heteroatoms. The van der Waals surface area contributed by atoms with Crippen molar-refractivity contribution >= 4 is 16.8 Å². The van der Waals surface area contributed by atoms with E-state index in [1.54, 1.807) is 42.5 Å². The molecule has 5 N–H and O–H groups in total. The smallest absolute Gasteiger partial charge is 0.267 e. The van der Waals surface area contributed by atoms with Crippen LogP contribution >= 0.6 is 0 Å². The van der Waals surface area contributed by atoms with E-state index >= 15 is 0 Å². The van der Waals surface area contributed by atoms with E-state index in [0.29, 0.717) is 18.0 Å². The molecule has 1 aromatic heterocycles. The molecule has 3 aromatic rings. The molecule has 0 aliphatic carbocycles. The molecular weight excluding hydrogens is 282 g/mol. The summed E-state index contributed by atoms with van der Waals surface area (Å²) in [6.45, 7) is 0.333. The topological polar surface area (TPSA) is 100 Å². The van der Waals surface area contributed by atoms with Crippen molar-refractivity contribution in [3.63, 3.8) is 0 Å². The second kappa shape index (κ2) is 5.79. The zero-order valence-corrected chi connectivity index (χ0v) is 11.7. The molecule has 0 unspecified atom stereocenters. The van der Waals surface area contributed by atoms with E-state index < -0.39 is 0 Å². The number of rotatable bonds is 4. The second-order valence-electron chi connectivity index (χ2n) is 4.90. The van der Waals surface area contributed by atoms with Gasteiger partial charge < -0.3 is 20.2 Å². The van der Waals surface area contributed by atoms with E-state index in [0.717, 1.165) is 16.5 Å². The maximum absolute atomic E-state index is 12.2. The Bertz CT molecular complexity index is 826. The fourth-order valence-corrected chi connectivity index (χ4v) is 2.25. The maximum atomic E-state index is 12.2. The van der Waals surface area contributed by atoms with Crippen molar-refractivity contribution in [1.82, 2.24) is 10.3 Å². The number of carbonyl (C=O) groups excluding carboxylic acids is 1. The number of carbonyl (C=O) groups is 1. The number of aromatic nitrogens is 1. The van der Waals surface area contributed by atoms with Crippen molar-refractivity contribution in [1.29, 1.82) is 0 Å². The lowest BCUT2D eigenvalue weighted by Crippen LogP contribution is -2.22. The van der Waals surface area contributed by atoms with Gasteiger partial charge in [0, 0.05) is 17.4 Å². The number of phenolic OH excluding ortho intramolecular Hbond substituents is 1. The van der Waals surface area contributed by atoms with Gasteiger partial charge in [0.1, 0.15) is 17.2 Å². The Hall–Kier alpha value is -2.99. The highest BCUT2D eigenvalue weighted by molar-refractivity contribution is 5.98. The summed E-state index contributed by atoms with van der Waals surface area (Å²) >= 11 is 0. The lowest BCUT2D eigenvalue weighted by Gasteiger charge is -2.04. The van der Waals surface area contributed by atoms with Crippen LogP contribution in [0.3, 0.4) is 0 Å². The predicted octanol–water partition coefficient (Wildman–Crippen LogP) is 2.06. The third-order valence-corrected chi connectivity index (χ3v) is 3.34. The van der Waals surface area contributed by atoms with Crippen LogP contribution in [-0.2, 0) is 6.54 Å². The predicted molar refractivity (Wildman–Crippen MR) is 82.4 cm³/mol. The van der Waals surface area contributed by atoms with Gasteiger partial charge in [0.15, 0.2) is 0 Å². The number of aromatic hydroxyl groups is 1. The van der Waals surface area contributed by atoms with Gasteiger partial charge in [-0.2, -0.15) is 5.90 Å². The Morgan fingerprint density at radius 1 is 1.23 bits per heavy atom. The van der Waals surface area contributed by atoms with Crippen molar-refractivity contribution < 1.29 is 14.7 Å². The van der Waals surface area contributed by atoms with E-state index in [1.165, 1.54) is 0 Å². The second-order valence-corrected chi connectivity index (χ2v) is 4.90. The van der Waals surface area contributed by atoms with Gasteiger partial charge in [-0.25, -0.2) is 0 Å². The van der Waals surface area contributed by atoms with Crippen LogP contribution in [0.1, 0.15) is 16.1 Å². The summed E-state index contributed by atoms with van der Waals surface area (Å²) in [4.78, 5) is 19.9. The number of amides is 1. The van der Waals surface area contributed by atoms with Crippen molar-refractivity contribution in [2.45, 2.75) is 6.54 Å². The van der Waals surface area contributed by atoms with Gasteiger partial charge in [0.05, 0.1) is 0 Å². The molecule has 1 amide bonds. The standard InChI is InChI=1S/C16H15N3O3/c17-22-13-4-5-14-11(7-13)8-15(19-14)16(21)18-9-10-2-1-3-12(20)6-10/h1-8,19-20H,9,17H2,(H,18,21). The van der Waals surface area contributed by atoms with E-state index in [-0.39, 0.29) is 11.7 Å². The summed E-state index contributed by atoms with van der Waals surface area (Å²) in [5, 5.41) is 13.0. The minimum Gasteiger partial charge on any atom is -0.508 e. The molecule has 0 spiro atoms. The number of benzene rings is 2. The van der Waals surface area contributed by atoms with E-state index in [4.69, 9.17) is 5.90 Å². The Kier molecular flexibility index (Phi) is 3.67. The summed E-state index contributed by atoms with van der Waals surface area (Å²) in [7, 11) is 0. The Morgan fingerprint density at radius 3 is 2.86 bits per heavy atom. The Balaban J connectivity index is 1.74. The fraction of sp³-hybridized carbons (Fsp3) is 0.0625. The SMILES string of the molecule is NOc1ccc2[nH]c(C(=O)NCc3cccc(O)c3)cc2c1. The molecule has 1 heterocycles. The minimum absolute atomic E-state index is 0.173. The molecule has 112 valence electrons. The van der Waals surface area contributed by atoms with Crippen LogP contribution in [0.15, 0.2) is 48.5 Å². The molecular formula is C16H15N3O3.